The Bertz CT molecular complexity index is 1070. The minimum absolute atomic E-state index is 0.131. The molecule has 1 aromatic heterocycles. The van der Waals surface area contributed by atoms with Crippen LogP contribution in [0.25, 0.3) is 0 Å². The van der Waals surface area contributed by atoms with Gasteiger partial charge in [-0.05, 0) is 42.8 Å². The molecular formula is C20H20ClN3O4S. The Morgan fingerprint density at radius 2 is 1.83 bits per heavy atom. The molecule has 0 aliphatic rings. The quantitative estimate of drug-likeness (QED) is 0.522. The predicted molar refractivity (Wildman–Crippen MR) is 116 cm³/mol. The number of hydrogen-bond acceptors (Lipinski definition) is 8. The van der Waals surface area contributed by atoms with Crippen LogP contribution in [0.15, 0.2) is 30.3 Å². The smallest absolute Gasteiger partial charge is 0.210 e. The van der Waals surface area contributed by atoms with E-state index in [1.165, 1.54) is 21.3 Å². The zero-order valence-corrected chi connectivity index (χ0v) is 17.9. The van der Waals surface area contributed by atoms with Crippen LogP contribution >= 0.6 is 22.9 Å². The first kappa shape index (κ1) is 20.8. The Hall–Kier alpha value is -2.97. The number of nitrogen functional groups attached to an aromatic ring is 1. The van der Waals surface area contributed by atoms with Gasteiger partial charge in [0.2, 0.25) is 11.5 Å². The number of nitrogens with zero attached hydrogens (tertiary/aromatic N) is 1. The van der Waals surface area contributed by atoms with Gasteiger partial charge in [0, 0.05) is 10.7 Å². The highest BCUT2D eigenvalue weighted by Gasteiger charge is 2.25. The predicted octanol–water partition coefficient (Wildman–Crippen LogP) is 4.69. The third-order valence-electron chi connectivity index (χ3n) is 4.24. The van der Waals surface area contributed by atoms with Crippen LogP contribution in [0.3, 0.4) is 0 Å². The van der Waals surface area contributed by atoms with E-state index < -0.39 is 0 Å². The first-order chi connectivity index (χ1) is 13.9. The number of ketones is 1. The van der Waals surface area contributed by atoms with E-state index in [2.05, 4.69) is 10.3 Å². The maximum Gasteiger partial charge on any atom is 0.210 e. The van der Waals surface area contributed by atoms with E-state index in [0.29, 0.717) is 32.1 Å². The number of benzene rings is 2. The molecule has 0 aliphatic carbocycles. The van der Waals surface area contributed by atoms with Crippen molar-refractivity contribution in [2.45, 2.75) is 6.92 Å². The summed E-state index contributed by atoms with van der Waals surface area (Å²) in [7, 11) is 4.45. The number of thiazole rings is 1. The molecule has 0 radical (unpaired) electrons. The summed E-state index contributed by atoms with van der Waals surface area (Å²) in [4.78, 5) is 17.7. The molecule has 0 atom stereocenters. The minimum atomic E-state index is -0.321. The average Bonchev–Trinajstić information content (AvgIpc) is 3.08. The maximum atomic E-state index is 13.2. The van der Waals surface area contributed by atoms with E-state index in [9.17, 15) is 4.79 Å². The molecule has 29 heavy (non-hydrogen) atoms. The molecule has 1 heterocycles. The third-order valence-corrected chi connectivity index (χ3v) is 5.46. The molecular weight excluding hydrogens is 414 g/mol. The lowest BCUT2D eigenvalue weighted by molar-refractivity contribution is 0.103. The summed E-state index contributed by atoms with van der Waals surface area (Å²) in [5.41, 5.74) is 8.10. The summed E-state index contributed by atoms with van der Waals surface area (Å²) in [5, 5.41) is 4.31. The number of nitrogens with two attached hydrogens (primary N) is 1. The first-order valence-corrected chi connectivity index (χ1v) is 9.72. The Morgan fingerprint density at radius 3 is 2.45 bits per heavy atom. The van der Waals surface area contributed by atoms with Crippen molar-refractivity contribution in [2.75, 3.05) is 32.4 Å². The molecule has 0 amide bonds. The van der Waals surface area contributed by atoms with Crippen LogP contribution in [0.4, 0.5) is 16.6 Å². The fraction of sp³-hybridized carbons (Fsp3) is 0.200. The Balaban J connectivity index is 1.97. The van der Waals surface area contributed by atoms with Crippen molar-refractivity contribution in [1.82, 2.24) is 4.98 Å². The van der Waals surface area contributed by atoms with Crippen molar-refractivity contribution in [3.05, 3.63) is 51.4 Å². The molecule has 0 saturated heterocycles. The number of halogens is 1. The van der Waals surface area contributed by atoms with Crippen LogP contribution in [-0.2, 0) is 0 Å². The van der Waals surface area contributed by atoms with Crippen LogP contribution in [0, 0.1) is 6.92 Å². The number of aromatic nitrogens is 1. The van der Waals surface area contributed by atoms with E-state index in [0.717, 1.165) is 22.6 Å². The Labute approximate surface area is 177 Å². The number of methoxy groups -OCH3 is 3. The SMILES string of the molecule is COc1ccc(C(=O)c2sc(Nc3ccc(Cl)cc3C)nc2N)c(OC)c1OC. The van der Waals surface area contributed by atoms with Crippen molar-refractivity contribution in [3.8, 4) is 17.2 Å². The summed E-state index contributed by atoms with van der Waals surface area (Å²) in [6.45, 7) is 1.92. The molecule has 152 valence electrons. The number of carbonyl (C=O) groups is 1. The number of hydrogen-bond donors (Lipinski definition) is 2. The standard InChI is InChI=1S/C20H20ClN3O4S/c1-10-9-11(21)5-7-13(10)23-20-24-19(22)18(29-20)15(25)12-6-8-14(26-2)17(28-4)16(12)27-3/h5-9H,22H2,1-4H3,(H,23,24). The topological polar surface area (TPSA) is 95.7 Å². The summed E-state index contributed by atoms with van der Waals surface area (Å²) >= 11 is 7.15. The van der Waals surface area contributed by atoms with Gasteiger partial charge >= 0.3 is 0 Å². The molecule has 3 rings (SSSR count). The molecule has 7 nitrogen and oxygen atoms in total. The lowest BCUT2D eigenvalue weighted by Crippen LogP contribution is -2.06. The van der Waals surface area contributed by atoms with Gasteiger partial charge in [0.05, 0.1) is 26.9 Å². The molecule has 0 bridgehead atoms. The van der Waals surface area contributed by atoms with Gasteiger partial charge in [0.15, 0.2) is 16.6 Å². The second-order valence-corrected chi connectivity index (χ2v) is 7.46. The second kappa shape index (κ2) is 8.59. The molecule has 0 spiro atoms. The maximum absolute atomic E-state index is 13.2. The fourth-order valence-electron chi connectivity index (χ4n) is 2.83. The Kier molecular flexibility index (Phi) is 6.14. The van der Waals surface area contributed by atoms with E-state index in [1.54, 1.807) is 18.2 Å². The summed E-state index contributed by atoms with van der Waals surface area (Å²) in [6, 6.07) is 8.70. The van der Waals surface area contributed by atoms with Gasteiger partial charge in [-0.25, -0.2) is 4.98 Å². The molecule has 0 aliphatic heterocycles. The minimum Gasteiger partial charge on any atom is -0.493 e. The molecule has 0 fully saturated rings. The number of rotatable bonds is 7. The number of aryl methyl sites for hydroxylation is 1. The van der Waals surface area contributed by atoms with E-state index in [1.807, 2.05) is 19.1 Å². The number of carbonyl (C=O) groups excluding carboxylic acids is 1. The largest absolute Gasteiger partial charge is 0.493 e. The van der Waals surface area contributed by atoms with Gasteiger partial charge in [-0.1, -0.05) is 22.9 Å². The Morgan fingerprint density at radius 1 is 1.10 bits per heavy atom. The van der Waals surface area contributed by atoms with Gasteiger partial charge < -0.3 is 25.3 Å². The first-order valence-electron chi connectivity index (χ1n) is 8.52. The van der Waals surface area contributed by atoms with Crippen molar-refractivity contribution < 1.29 is 19.0 Å². The van der Waals surface area contributed by atoms with Gasteiger partial charge in [-0.15, -0.1) is 0 Å². The van der Waals surface area contributed by atoms with Crippen LogP contribution < -0.4 is 25.3 Å². The van der Waals surface area contributed by atoms with Gasteiger partial charge in [-0.2, -0.15) is 0 Å². The fourth-order valence-corrected chi connectivity index (χ4v) is 3.91. The van der Waals surface area contributed by atoms with Crippen molar-refractivity contribution in [1.29, 1.82) is 0 Å². The van der Waals surface area contributed by atoms with Gasteiger partial charge in [-0.3, -0.25) is 4.79 Å². The summed E-state index contributed by atoms with van der Waals surface area (Å²) in [5.74, 6) is 0.871. The molecule has 3 aromatic rings. The zero-order chi connectivity index (χ0) is 21.1. The lowest BCUT2D eigenvalue weighted by Gasteiger charge is -2.14. The highest BCUT2D eigenvalue weighted by atomic mass is 35.5. The monoisotopic (exact) mass is 433 g/mol. The second-order valence-electron chi connectivity index (χ2n) is 6.03. The van der Waals surface area contributed by atoms with Gasteiger partial charge in [0.1, 0.15) is 10.7 Å². The van der Waals surface area contributed by atoms with E-state index in [-0.39, 0.29) is 17.4 Å². The summed E-state index contributed by atoms with van der Waals surface area (Å²) in [6.07, 6.45) is 0. The number of nitrogens with one attached hydrogen (secondary N) is 1. The number of anilines is 3. The lowest BCUT2D eigenvalue weighted by atomic mass is 10.1. The molecule has 0 saturated carbocycles. The number of ether oxygens (including phenoxy) is 3. The van der Waals surface area contributed by atoms with Crippen LogP contribution in [-0.4, -0.2) is 32.1 Å². The van der Waals surface area contributed by atoms with Crippen LogP contribution in [0.2, 0.25) is 5.02 Å². The normalized spacial score (nSPS) is 10.5. The highest BCUT2D eigenvalue weighted by Crippen LogP contribution is 2.42. The molecule has 2 aromatic carbocycles. The van der Waals surface area contributed by atoms with Crippen molar-refractivity contribution >= 4 is 45.4 Å². The van der Waals surface area contributed by atoms with Gasteiger partial charge in [0.25, 0.3) is 0 Å². The van der Waals surface area contributed by atoms with Crippen LogP contribution in [0.1, 0.15) is 20.8 Å². The zero-order valence-electron chi connectivity index (χ0n) is 16.3. The highest BCUT2D eigenvalue weighted by molar-refractivity contribution is 7.18. The van der Waals surface area contributed by atoms with Crippen LogP contribution in [0.5, 0.6) is 17.2 Å². The average molecular weight is 434 g/mol. The van der Waals surface area contributed by atoms with E-state index in [4.69, 9.17) is 31.5 Å². The van der Waals surface area contributed by atoms with Crippen molar-refractivity contribution in [2.24, 2.45) is 0 Å². The molecule has 3 N–H and O–H groups in total. The third kappa shape index (κ3) is 4.08. The van der Waals surface area contributed by atoms with E-state index >= 15 is 0 Å². The molecule has 9 heteroatoms. The van der Waals surface area contributed by atoms with Crippen molar-refractivity contribution in [3.63, 3.8) is 0 Å². The molecule has 0 unspecified atom stereocenters. The summed E-state index contributed by atoms with van der Waals surface area (Å²) < 4.78 is 16.0.